The van der Waals surface area contributed by atoms with Gasteiger partial charge in [-0.3, -0.25) is 0 Å². The van der Waals surface area contributed by atoms with Gasteiger partial charge in [-0.05, 0) is 30.5 Å². The average Bonchev–Trinajstić information content (AvgIpc) is 3.00. The second kappa shape index (κ2) is 3.72. The van der Waals surface area contributed by atoms with Crippen LogP contribution >= 0.6 is 0 Å². The lowest BCUT2D eigenvalue weighted by Crippen LogP contribution is -2.18. The molecule has 0 radical (unpaired) electrons. The van der Waals surface area contributed by atoms with E-state index in [2.05, 4.69) is 0 Å². The third-order valence-electron chi connectivity index (χ3n) is 3.01. The largest absolute Gasteiger partial charge is 0.504 e. The maximum atomic E-state index is 9.47. The Morgan fingerprint density at radius 3 is 2.73 bits per heavy atom. The van der Waals surface area contributed by atoms with Gasteiger partial charge in [0.25, 0.3) is 0 Å². The molecule has 3 N–H and O–H groups in total. The minimum absolute atomic E-state index is 0.0374. The number of methoxy groups -OCH3 is 1. The number of rotatable bonds is 4. The first-order chi connectivity index (χ1) is 7.22. The lowest BCUT2D eigenvalue weighted by atomic mass is 9.96. The molecule has 0 spiro atoms. The molecular formula is C11H15NO3. The van der Waals surface area contributed by atoms with Gasteiger partial charge in [0.05, 0.1) is 13.7 Å². The number of ether oxygens (including phenoxy) is 1. The van der Waals surface area contributed by atoms with Gasteiger partial charge in [0, 0.05) is 5.41 Å². The fourth-order valence-corrected chi connectivity index (χ4v) is 1.83. The van der Waals surface area contributed by atoms with Crippen LogP contribution in [0.2, 0.25) is 0 Å². The normalized spacial score (nSPS) is 17.5. The van der Waals surface area contributed by atoms with Crippen LogP contribution in [0.1, 0.15) is 18.4 Å². The highest BCUT2D eigenvalue weighted by atomic mass is 16.6. The summed E-state index contributed by atoms with van der Waals surface area (Å²) in [5, 5.41) is 9.47. The molecular weight excluding hydrogens is 194 g/mol. The number of hydrogen-bond acceptors (Lipinski definition) is 4. The maximum absolute atomic E-state index is 9.47. The van der Waals surface area contributed by atoms with Crippen molar-refractivity contribution in [1.82, 2.24) is 0 Å². The van der Waals surface area contributed by atoms with Crippen LogP contribution in [0.25, 0.3) is 0 Å². The minimum atomic E-state index is 0.0374. The Morgan fingerprint density at radius 2 is 2.20 bits per heavy atom. The number of phenols is 1. The lowest BCUT2D eigenvalue weighted by Gasteiger charge is -2.15. The third-order valence-corrected chi connectivity index (χ3v) is 3.01. The summed E-state index contributed by atoms with van der Waals surface area (Å²) in [6.45, 7) is 0.515. The molecule has 2 rings (SSSR count). The van der Waals surface area contributed by atoms with E-state index in [0.717, 1.165) is 18.4 Å². The van der Waals surface area contributed by atoms with Crippen molar-refractivity contribution in [3.63, 3.8) is 0 Å². The van der Waals surface area contributed by atoms with E-state index in [-0.39, 0.29) is 11.2 Å². The number of aromatic hydroxyl groups is 1. The van der Waals surface area contributed by atoms with E-state index >= 15 is 0 Å². The maximum Gasteiger partial charge on any atom is 0.160 e. The first-order valence-electron chi connectivity index (χ1n) is 4.91. The summed E-state index contributed by atoms with van der Waals surface area (Å²) in [7, 11) is 1.54. The Morgan fingerprint density at radius 1 is 1.47 bits per heavy atom. The molecule has 15 heavy (non-hydrogen) atoms. The van der Waals surface area contributed by atoms with Gasteiger partial charge < -0.3 is 14.7 Å². The molecule has 0 aromatic heterocycles. The van der Waals surface area contributed by atoms with E-state index in [9.17, 15) is 5.11 Å². The van der Waals surface area contributed by atoms with Crippen molar-refractivity contribution in [2.45, 2.75) is 18.3 Å². The zero-order chi connectivity index (χ0) is 10.9. The molecule has 1 fully saturated rings. The highest BCUT2D eigenvalue weighted by molar-refractivity contribution is 5.46. The molecule has 1 aliphatic rings. The highest BCUT2D eigenvalue weighted by Crippen LogP contribution is 2.49. The third kappa shape index (κ3) is 1.78. The fourth-order valence-electron chi connectivity index (χ4n) is 1.83. The van der Waals surface area contributed by atoms with Crippen molar-refractivity contribution in [3.05, 3.63) is 23.8 Å². The Hall–Kier alpha value is -1.26. The second-order valence-corrected chi connectivity index (χ2v) is 3.98. The Bertz CT molecular complexity index is 361. The van der Waals surface area contributed by atoms with Gasteiger partial charge in [0.1, 0.15) is 0 Å². The van der Waals surface area contributed by atoms with Crippen molar-refractivity contribution >= 4 is 0 Å². The van der Waals surface area contributed by atoms with Crippen LogP contribution in [0.15, 0.2) is 18.2 Å². The number of hydrogen-bond donors (Lipinski definition) is 2. The highest BCUT2D eigenvalue weighted by Gasteiger charge is 2.44. The van der Waals surface area contributed by atoms with Gasteiger partial charge in [0.15, 0.2) is 11.5 Å². The van der Waals surface area contributed by atoms with E-state index in [0.29, 0.717) is 12.4 Å². The Kier molecular flexibility index (Phi) is 2.54. The molecule has 1 aromatic carbocycles. The van der Waals surface area contributed by atoms with Gasteiger partial charge >= 0.3 is 0 Å². The van der Waals surface area contributed by atoms with Gasteiger partial charge in [-0.15, -0.1) is 0 Å². The van der Waals surface area contributed by atoms with Crippen LogP contribution in [0.3, 0.4) is 0 Å². The number of phenolic OH excluding ortho intramolecular Hbond substituents is 1. The molecule has 1 aliphatic carbocycles. The smallest absolute Gasteiger partial charge is 0.160 e. The topological polar surface area (TPSA) is 64.7 Å². The molecule has 0 saturated heterocycles. The van der Waals surface area contributed by atoms with Crippen molar-refractivity contribution in [3.8, 4) is 11.5 Å². The summed E-state index contributed by atoms with van der Waals surface area (Å²) >= 11 is 0. The van der Waals surface area contributed by atoms with E-state index < -0.39 is 0 Å². The summed E-state index contributed by atoms with van der Waals surface area (Å²) in [5.41, 5.74) is 1.15. The molecule has 0 aliphatic heterocycles. The van der Waals surface area contributed by atoms with Gasteiger partial charge in [-0.1, -0.05) is 6.07 Å². The summed E-state index contributed by atoms with van der Waals surface area (Å²) in [6.07, 6.45) is 2.14. The van der Waals surface area contributed by atoms with Crippen LogP contribution in [0.4, 0.5) is 0 Å². The van der Waals surface area contributed by atoms with E-state index in [1.165, 1.54) is 7.11 Å². The molecule has 0 heterocycles. The van der Waals surface area contributed by atoms with Crippen LogP contribution < -0.4 is 10.6 Å². The van der Waals surface area contributed by atoms with Crippen LogP contribution in [0.5, 0.6) is 11.5 Å². The van der Waals surface area contributed by atoms with Gasteiger partial charge in [-0.2, -0.15) is 0 Å². The summed E-state index contributed by atoms with van der Waals surface area (Å²) in [5.74, 6) is 5.77. The van der Waals surface area contributed by atoms with E-state index in [4.69, 9.17) is 15.5 Å². The van der Waals surface area contributed by atoms with E-state index in [1.807, 2.05) is 12.1 Å². The standard InChI is InChI=1S/C11H15NO3/c1-14-10-6-8(2-3-9(10)13)11(4-5-11)7-15-12/h2-3,6,13H,4-5,7,12H2,1H3. The fraction of sp³-hybridized carbons (Fsp3) is 0.455. The number of benzene rings is 1. The predicted octanol–water partition coefficient (Wildman–Crippen LogP) is 1.32. The quantitative estimate of drug-likeness (QED) is 0.734. The summed E-state index contributed by atoms with van der Waals surface area (Å²) < 4.78 is 5.06. The van der Waals surface area contributed by atoms with Crippen LogP contribution in [-0.4, -0.2) is 18.8 Å². The minimum Gasteiger partial charge on any atom is -0.504 e. The second-order valence-electron chi connectivity index (χ2n) is 3.98. The van der Waals surface area contributed by atoms with E-state index in [1.54, 1.807) is 6.07 Å². The molecule has 0 amide bonds. The molecule has 4 heteroatoms. The molecule has 1 saturated carbocycles. The molecule has 82 valence electrons. The molecule has 0 bridgehead atoms. The first-order valence-corrected chi connectivity index (χ1v) is 4.91. The lowest BCUT2D eigenvalue weighted by molar-refractivity contribution is 0.116. The molecule has 0 atom stereocenters. The van der Waals surface area contributed by atoms with Gasteiger partial charge in [0.2, 0.25) is 0 Å². The Labute approximate surface area is 88.6 Å². The number of nitrogens with two attached hydrogens (primary N) is 1. The monoisotopic (exact) mass is 209 g/mol. The average molecular weight is 209 g/mol. The van der Waals surface area contributed by atoms with Crippen molar-refractivity contribution in [2.75, 3.05) is 13.7 Å². The van der Waals surface area contributed by atoms with Crippen molar-refractivity contribution < 1.29 is 14.7 Å². The van der Waals surface area contributed by atoms with Crippen molar-refractivity contribution in [2.24, 2.45) is 5.90 Å². The van der Waals surface area contributed by atoms with Crippen LogP contribution in [0, 0.1) is 0 Å². The zero-order valence-electron chi connectivity index (χ0n) is 8.69. The zero-order valence-corrected chi connectivity index (χ0v) is 8.69. The molecule has 0 unspecified atom stereocenters. The molecule has 4 nitrogen and oxygen atoms in total. The Balaban J connectivity index is 2.29. The summed E-state index contributed by atoms with van der Waals surface area (Å²) in [6, 6.07) is 5.38. The first kappa shape index (κ1) is 10.3. The SMILES string of the molecule is COc1cc(C2(CON)CC2)ccc1O. The molecule has 1 aromatic rings. The van der Waals surface area contributed by atoms with Crippen LogP contribution in [-0.2, 0) is 10.3 Å². The predicted molar refractivity (Wildman–Crippen MR) is 55.7 cm³/mol. The van der Waals surface area contributed by atoms with Crippen molar-refractivity contribution in [1.29, 1.82) is 0 Å². The van der Waals surface area contributed by atoms with Gasteiger partial charge in [-0.25, -0.2) is 5.90 Å². The summed E-state index contributed by atoms with van der Waals surface area (Å²) in [4.78, 5) is 4.72.